The predicted octanol–water partition coefficient (Wildman–Crippen LogP) is 1.37. The second-order valence-electron chi connectivity index (χ2n) is 4.68. The first-order chi connectivity index (χ1) is 10.1. The van der Waals surface area contributed by atoms with Crippen LogP contribution in [-0.4, -0.2) is 27.4 Å². The molecule has 1 atom stereocenters. The Morgan fingerprint density at radius 1 is 1.24 bits per heavy atom. The first-order valence-corrected chi connectivity index (χ1v) is 7.86. The maximum absolute atomic E-state index is 12.0. The van der Waals surface area contributed by atoms with Gasteiger partial charge in [-0.25, -0.2) is 13.1 Å². The highest BCUT2D eigenvalue weighted by Crippen LogP contribution is 2.27. The summed E-state index contributed by atoms with van der Waals surface area (Å²) in [6, 6.07) is 10.1. The number of hydrogen-bond acceptors (Lipinski definition) is 5. The fourth-order valence-electron chi connectivity index (χ4n) is 2.18. The molecule has 0 fully saturated rings. The third-order valence-corrected chi connectivity index (χ3v) is 4.49. The molecule has 1 N–H and O–H groups in total. The molecule has 1 aromatic carbocycles. The summed E-state index contributed by atoms with van der Waals surface area (Å²) in [5.74, 6) is 0.753. The minimum Gasteiger partial charge on any atom is -0.488 e. The molecule has 2 aromatic rings. The molecule has 0 amide bonds. The fraction of sp³-hybridized carbons (Fsp3) is 0.214. The first kappa shape index (κ1) is 13.8. The molecule has 0 radical (unpaired) electrons. The van der Waals surface area contributed by atoms with Crippen LogP contribution in [0.3, 0.4) is 0 Å². The maximum Gasteiger partial charge on any atom is 0.274 e. The van der Waals surface area contributed by atoms with Crippen LogP contribution in [0.4, 0.5) is 0 Å². The summed E-state index contributed by atoms with van der Waals surface area (Å²) >= 11 is 0. The van der Waals surface area contributed by atoms with E-state index in [-0.39, 0.29) is 23.5 Å². The smallest absolute Gasteiger partial charge is 0.274 e. The number of hydrogen-bond donors (Lipinski definition) is 1. The summed E-state index contributed by atoms with van der Waals surface area (Å²) in [5.41, 5.74) is 1.06. The molecule has 7 heteroatoms. The van der Waals surface area contributed by atoms with Crippen molar-refractivity contribution in [1.29, 1.82) is 0 Å². The Hall–Kier alpha value is -2.12. The molecule has 0 aliphatic carbocycles. The van der Waals surface area contributed by atoms with Gasteiger partial charge < -0.3 is 9.15 Å². The summed E-state index contributed by atoms with van der Waals surface area (Å²) in [4.78, 5) is 10.5. The van der Waals surface area contributed by atoms with Crippen molar-refractivity contribution in [3.05, 3.63) is 47.7 Å². The van der Waals surface area contributed by atoms with Gasteiger partial charge in [-0.2, -0.15) is 0 Å². The lowest BCUT2D eigenvalue weighted by Crippen LogP contribution is -2.34. The highest BCUT2D eigenvalue weighted by molar-refractivity contribution is 7.89. The van der Waals surface area contributed by atoms with E-state index in [1.54, 1.807) is 0 Å². The molecule has 6 nitrogen and oxygen atoms in total. The molecule has 21 heavy (non-hydrogen) atoms. The monoisotopic (exact) mass is 307 g/mol. The average Bonchev–Trinajstić information content (AvgIpc) is 3.11. The van der Waals surface area contributed by atoms with E-state index in [1.807, 2.05) is 24.3 Å². The minimum absolute atomic E-state index is 0.0279. The highest BCUT2D eigenvalue weighted by Gasteiger charge is 2.25. The fourth-order valence-corrected chi connectivity index (χ4v) is 3.18. The van der Waals surface area contributed by atoms with Crippen LogP contribution >= 0.6 is 0 Å². The zero-order chi connectivity index (χ0) is 14.9. The molecule has 0 bridgehead atoms. The van der Waals surface area contributed by atoms with E-state index in [1.165, 1.54) is 12.1 Å². The summed E-state index contributed by atoms with van der Waals surface area (Å²) in [6.07, 6.45) is 0.851. The van der Waals surface area contributed by atoms with Crippen molar-refractivity contribution in [1.82, 2.24) is 4.72 Å². The number of benzene rings is 1. The van der Waals surface area contributed by atoms with E-state index >= 15 is 0 Å². The molecule has 0 saturated heterocycles. The average molecular weight is 307 g/mol. The van der Waals surface area contributed by atoms with Crippen LogP contribution in [0.1, 0.15) is 16.1 Å². The van der Waals surface area contributed by atoms with Gasteiger partial charge >= 0.3 is 0 Å². The number of fused-ring (bicyclic) bond motifs is 1. The van der Waals surface area contributed by atoms with Gasteiger partial charge in [0.2, 0.25) is 5.09 Å². The molecule has 2 heterocycles. The van der Waals surface area contributed by atoms with Crippen molar-refractivity contribution in [3.8, 4) is 5.75 Å². The number of carbonyl (C=O) groups excluding carboxylic acids is 1. The highest BCUT2D eigenvalue weighted by atomic mass is 32.2. The SMILES string of the molecule is O=Cc1ccc(S(=O)(=O)NCC2Cc3ccccc3O2)o1. The molecule has 0 saturated carbocycles. The number of ether oxygens (including phenoxy) is 1. The topological polar surface area (TPSA) is 85.6 Å². The summed E-state index contributed by atoms with van der Waals surface area (Å²) < 4.78 is 37.0. The van der Waals surface area contributed by atoms with E-state index < -0.39 is 10.0 Å². The van der Waals surface area contributed by atoms with Gasteiger partial charge in [-0.3, -0.25) is 4.79 Å². The van der Waals surface area contributed by atoms with Gasteiger partial charge in [-0.15, -0.1) is 0 Å². The van der Waals surface area contributed by atoms with Crippen molar-refractivity contribution in [2.45, 2.75) is 17.6 Å². The minimum atomic E-state index is -3.78. The van der Waals surface area contributed by atoms with Crippen LogP contribution in [0.2, 0.25) is 0 Å². The molecular formula is C14H13NO5S. The Balaban J connectivity index is 1.64. The largest absolute Gasteiger partial charge is 0.488 e. The predicted molar refractivity (Wildman–Crippen MR) is 73.8 cm³/mol. The lowest BCUT2D eigenvalue weighted by atomic mass is 10.1. The van der Waals surface area contributed by atoms with E-state index in [2.05, 4.69) is 4.72 Å². The number of sulfonamides is 1. The molecule has 110 valence electrons. The zero-order valence-electron chi connectivity index (χ0n) is 11.0. The number of aldehydes is 1. The van der Waals surface area contributed by atoms with E-state index in [0.717, 1.165) is 11.3 Å². The Morgan fingerprint density at radius 2 is 2.05 bits per heavy atom. The molecule has 1 aromatic heterocycles. The Bertz CT molecular complexity index is 740. The second kappa shape index (κ2) is 5.34. The van der Waals surface area contributed by atoms with Crippen LogP contribution in [0.25, 0.3) is 0 Å². The Labute approximate surface area is 121 Å². The molecule has 3 rings (SSSR count). The van der Waals surface area contributed by atoms with Gasteiger partial charge in [0.1, 0.15) is 11.9 Å². The maximum atomic E-state index is 12.0. The van der Waals surface area contributed by atoms with Gasteiger partial charge in [-0.05, 0) is 23.8 Å². The van der Waals surface area contributed by atoms with Crippen molar-refractivity contribution in [2.24, 2.45) is 0 Å². The Kier molecular flexibility index (Phi) is 3.52. The second-order valence-corrected chi connectivity index (χ2v) is 6.38. The van der Waals surface area contributed by atoms with Crippen LogP contribution in [-0.2, 0) is 16.4 Å². The first-order valence-electron chi connectivity index (χ1n) is 6.38. The van der Waals surface area contributed by atoms with Crippen molar-refractivity contribution >= 4 is 16.3 Å². The van der Waals surface area contributed by atoms with Gasteiger partial charge in [0.05, 0.1) is 0 Å². The van der Waals surface area contributed by atoms with E-state index in [0.29, 0.717) is 12.7 Å². The number of rotatable bonds is 5. The number of para-hydroxylation sites is 1. The van der Waals surface area contributed by atoms with E-state index in [9.17, 15) is 13.2 Å². The lowest BCUT2D eigenvalue weighted by molar-refractivity contribution is 0.109. The van der Waals surface area contributed by atoms with Gasteiger partial charge in [0.25, 0.3) is 10.0 Å². The zero-order valence-corrected chi connectivity index (χ0v) is 11.8. The van der Waals surface area contributed by atoms with Crippen LogP contribution in [0.5, 0.6) is 5.75 Å². The van der Waals surface area contributed by atoms with Crippen molar-refractivity contribution in [2.75, 3.05) is 6.54 Å². The van der Waals surface area contributed by atoms with Gasteiger partial charge in [0, 0.05) is 13.0 Å². The van der Waals surface area contributed by atoms with Gasteiger partial charge in [0.15, 0.2) is 12.0 Å². The Morgan fingerprint density at radius 3 is 2.76 bits per heavy atom. The summed E-state index contributed by atoms with van der Waals surface area (Å²) in [7, 11) is -3.78. The molecule has 1 aliphatic rings. The standard InChI is InChI=1S/C14H13NO5S/c16-9-11-5-6-14(20-11)21(17,18)15-8-12-7-10-3-1-2-4-13(10)19-12/h1-6,9,12,15H,7-8H2. The molecule has 1 aliphatic heterocycles. The van der Waals surface area contributed by atoms with Crippen LogP contribution in [0.15, 0.2) is 45.9 Å². The number of carbonyl (C=O) groups is 1. The van der Waals surface area contributed by atoms with Gasteiger partial charge in [-0.1, -0.05) is 18.2 Å². The van der Waals surface area contributed by atoms with Crippen LogP contribution < -0.4 is 9.46 Å². The van der Waals surface area contributed by atoms with Crippen LogP contribution in [0, 0.1) is 0 Å². The number of furan rings is 1. The normalized spacial score (nSPS) is 17.2. The number of nitrogens with one attached hydrogen (secondary N) is 1. The summed E-state index contributed by atoms with van der Waals surface area (Å²) in [5, 5.41) is -0.278. The third kappa shape index (κ3) is 2.84. The lowest BCUT2D eigenvalue weighted by Gasteiger charge is -2.11. The van der Waals surface area contributed by atoms with Crippen molar-refractivity contribution in [3.63, 3.8) is 0 Å². The molecule has 0 spiro atoms. The van der Waals surface area contributed by atoms with Crippen molar-refractivity contribution < 1.29 is 22.4 Å². The molecule has 1 unspecified atom stereocenters. The third-order valence-electron chi connectivity index (χ3n) is 3.20. The summed E-state index contributed by atoms with van der Waals surface area (Å²) in [6.45, 7) is 0.133. The van der Waals surface area contributed by atoms with E-state index in [4.69, 9.17) is 9.15 Å². The molecular weight excluding hydrogens is 294 g/mol. The quantitative estimate of drug-likeness (QED) is 0.843.